The lowest BCUT2D eigenvalue weighted by Crippen LogP contribution is -2.32. The van der Waals surface area contributed by atoms with Gasteiger partial charge in [0.1, 0.15) is 5.82 Å². The molecule has 0 bridgehead atoms. The Morgan fingerprint density at radius 2 is 2.00 bits per heavy atom. The first-order chi connectivity index (χ1) is 9.78. The summed E-state index contributed by atoms with van der Waals surface area (Å²) in [6, 6.07) is 7.37. The molecule has 1 saturated heterocycles. The molecule has 0 radical (unpaired) electrons. The van der Waals surface area contributed by atoms with Crippen LogP contribution in [0.15, 0.2) is 24.3 Å². The van der Waals surface area contributed by atoms with Crippen LogP contribution in [0.2, 0.25) is 0 Å². The van der Waals surface area contributed by atoms with Crippen LogP contribution in [0.4, 0.5) is 4.39 Å². The van der Waals surface area contributed by atoms with Crippen molar-refractivity contribution >= 4 is 0 Å². The number of nitrogens with one attached hydrogen (secondary N) is 1. The smallest absolute Gasteiger partial charge is 0.123 e. The molecule has 0 amide bonds. The van der Waals surface area contributed by atoms with Crippen molar-refractivity contribution in [1.29, 1.82) is 0 Å². The molecule has 2 nitrogen and oxygen atoms in total. The molecule has 1 saturated carbocycles. The Bertz CT molecular complexity index is 429. The van der Waals surface area contributed by atoms with E-state index in [0.29, 0.717) is 18.1 Å². The summed E-state index contributed by atoms with van der Waals surface area (Å²) in [4.78, 5) is 0. The molecular formula is C17H24FNO. The van der Waals surface area contributed by atoms with Gasteiger partial charge in [0.2, 0.25) is 0 Å². The van der Waals surface area contributed by atoms with Gasteiger partial charge in [-0.1, -0.05) is 19.1 Å². The monoisotopic (exact) mass is 277 g/mol. The topological polar surface area (TPSA) is 21.3 Å². The van der Waals surface area contributed by atoms with E-state index in [-0.39, 0.29) is 5.82 Å². The van der Waals surface area contributed by atoms with Crippen LogP contribution in [0.25, 0.3) is 0 Å². The van der Waals surface area contributed by atoms with Crippen molar-refractivity contribution in [2.24, 2.45) is 11.8 Å². The van der Waals surface area contributed by atoms with Crippen molar-refractivity contribution in [3.63, 3.8) is 0 Å². The Morgan fingerprint density at radius 1 is 1.25 bits per heavy atom. The standard InChI is InChI=1S/C17H24FNO/c1-2-16-14(9-10-20-16)11-19-17(12-3-4-12)13-5-7-15(18)8-6-13/h5-8,12,14,16-17,19H,2-4,9-11H2,1H3. The molecule has 3 heteroatoms. The summed E-state index contributed by atoms with van der Waals surface area (Å²) in [7, 11) is 0. The predicted octanol–water partition coefficient (Wildman–Crippen LogP) is 3.68. The maximum absolute atomic E-state index is 13.1. The normalized spacial score (nSPS) is 27.7. The molecule has 1 aliphatic carbocycles. The second-order valence-electron chi connectivity index (χ2n) is 6.14. The van der Waals surface area contributed by atoms with E-state index in [2.05, 4.69) is 12.2 Å². The highest BCUT2D eigenvalue weighted by atomic mass is 19.1. The Kier molecular flexibility index (Phi) is 4.37. The lowest BCUT2D eigenvalue weighted by molar-refractivity contribution is 0.0864. The third-order valence-corrected chi connectivity index (χ3v) is 4.67. The van der Waals surface area contributed by atoms with Crippen LogP contribution in [0, 0.1) is 17.7 Å². The van der Waals surface area contributed by atoms with E-state index in [0.717, 1.165) is 31.9 Å². The Labute approximate surface area is 120 Å². The van der Waals surface area contributed by atoms with Crippen molar-refractivity contribution in [3.8, 4) is 0 Å². The molecule has 2 fully saturated rings. The minimum absolute atomic E-state index is 0.154. The van der Waals surface area contributed by atoms with Gasteiger partial charge in [0, 0.05) is 19.2 Å². The van der Waals surface area contributed by atoms with Gasteiger partial charge < -0.3 is 10.1 Å². The van der Waals surface area contributed by atoms with E-state index in [1.165, 1.54) is 18.4 Å². The number of hydrogen-bond acceptors (Lipinski definition) is 2. The van der Waals surface area contributed by atoms with E-state index < -0.39 is 0 Å². The summed E-state index contributed by atoms with van der Waals surface area (Å²) in [5, 5.41) is 3.72. The Balaban J connectivity index is 1.61. The summed E-state index contributed by atoms with van der Waals surface area (Å²) in [5.41, 5.74) is 1.22. The quantitative estimate of drug-likeness (QED) is 0.856. The van der Waals surface area contributed by atoms with E-state index in [4.69, 9.17) is 4.74 Å². The van der Waals surface area contributed by atoms with Gasteiger partial charge in [0.05, 0.1) is 6.10 Å². The highest BCUT2D eigenvalue weighted by Gasteiger charge is 2.34. The molecule has 3 atom stereocenters. The average Bonchev–Trinajstić information content (AvgIpc) is 3.19. The van der Waals surface area contributed by atoms with Gasteiger partial charge in [0.15, 0.2) is 0 Å². The number of hydrogen-bond donors (Lipinski definition) is 1. The van der Waals surface area contributed by atoms with Crippen molar-refractivity contribution in [2.75, 3.05) is 13.2 Å². The molecule has 0 spiro atoms. The molecular weight excluding hydrogens is 253 g/mol. The van der Waals surface area contributed by atoms with Crippen LogP contribution in [0.1, 0.15) is 44.2 Å². The number of halogens is 1. The maximum Gasteiger partial charge on any atom is 0.123 e. The molecule has 1 aromatic carbocycles. The van der Waals surface area contributed by atoms with Crippen LogP contribution >= 0.6 is 0 Å². The van der Waals surface area contributed by atoms with Crippen molar-refractivity contribution < 1.29 is 9.13 Å². The Hall–Kier alpha value is -0.930. The van der Waals surface area contributed by atoms with Gasteiger partial charge in [0.25, 0.3) is 0 Å². The van der Waals surface area contributed by atoms with Crippen LogP contribution in [0.3, 0.4) is 0 Å². The number of rotatable bonds is 6. The van der Waals surface area contributed by atoms with Crippen LogP contribution in [-0.4, -0.2) is 19.3 Å². The lowest BCUT2D eigenvalue weighted by Gasteiger charge is -2.23. The van der Waals surface area contributed by atoms with Crippen molar-refractivity contribution in [3.05, 3.63) is 35.6 Å². The van der Waals surface area contributed by atoms with Crippen LogP contribution < -0.4 is 5.32 Å². The maximum atomic E-state index is 13.1. The highest BCUT2D eigenvalue weighted by Crippen LogP contribution is 2.41. The third-order valence-electron chi connectivity index (χ3n) is 4.67. The first-order valence-electron chi connectivity index (χ1n) is 7.88. The minimum Gasteiger partial charge on any atom is -0.378 e. The molecule has 3 rings (SSSR count). The Morgan fingerprint density at radius 3 is 2.65 bits per heavy atom. The van der Waals surface area contributed by atoms with E-state index in [1.807, 2.05) is 12.1 Å². The summed E-state index contributed by atoms with van der Waals surface area (Å²) in [6.45, 7) is 4.11. The second-order valence-corrected chi connectivity index (χ2v) is 6.14. The summed E-state index contributed by atoms with van der Waals surface area (Å²) < 4.78 is 18.8. The van der Waals surface area contributed by atoms with Gasteiger partial charge in [-0.15, -0.1) is 0 Å². The lowest BCUT2D eigenvalue weighted by atomic mass is 9.97. The molecule has 1 aromatic rings. The molecule has 2 aliphatic rings. The zero-order chi connectivity index (χ0) is 13.9. The van der Waals surface area contributed by atoms with Gasteiger partial charge >= 0.3 is 0 Å². The number of ether oxygens (including phenoxy) is 1. The van der Waals surface area contributed by atoms with E-state index in [9.17, 15) is 4.39 Å². The predicted molar refractivity (Wildman–Crippen MR) is 78.0 cm³/mol. The minimum atomic E-state index is -0.154. The molecule has 1 heterocycles. The largest absolute Gasteiger partial charge is 0.378 e. The first-order valence-corrected chi connectivity index (χ1v) is 7.88. The molecule has 0 aromatic heterocycles. The van der Waals surface area contributed by atoms with Gasteiger partial charge in [-0.3, -0.25) is 0 Å². The van der Waals surface area contributed by atoms with Crippen molar-refractivity contribution in [2.45, 2.75) is 44.8 Å². The van der Waals surface area contributed by atoms with Gasteiger partial charge in [-0.25, -0.2) is 4.39 Å². The molecule has 110 valence electrons. The second kappa shape index (κ2) is 6.23. The number of benzene rings is 1. The van der Waals surface area contributed by atoms with Crippen LogP contribution in [0.5, 0.6) is 0 Å². The highest BCUT2D eigenvalue weighted by molar-refractivity contribution is 5.22. The fourth-order valence-electron chi connectivity index (χ4n) is 3.31. The first kappa shape index (κ1) is 14.0. The zero-order valence-electron chi connectivity index (χ0n) is 12.1. The molecule has 1 aliphatic heterocycles. The van der Waals surface area contributed by atoms with E-state index in [1.54, 1.807) is 12.1 Å². The molecule has 1 N–H and O–H groups in total. The summed E-state index contributed by atoms with van der Waals surface area (Å²) >= 11 is 0. The third kappa shape index (κ3) is 3.21. The van der Waals surface area contributed by atoms with E-state index >= 15 is 0 Å². The van der Waals surface area contributed by atoms with Gasteiger partial charge in [-0.2, -0.15) is 0 Å². The zero-order valence-corrected chi connectivity index (χ0v) is 12.1. The SMILES string of the molecule is CCC1OCCC1CNC(c1ccc(F)cc1)C1CC1. The van der Waals surface area contributed by atoms with Gasteiger partial charge in [-0.05, 0) is 55.2 Å². The summed E-state index contributed by atoms with van der Waals surface area (Å²) in [6.07, 6.45) is 5.24. The van der Waals surface area contributed by atoms with Crippen molar-refractivity contribution in [1.82, 2.24) is 5.32 Å². The fraction of sp³-hybridized carbons (Fsp3) is 0.647. The fourth-order valence-corrected chi connectivity index (χ4v) is 3.31. The average molecular weight is 277 g/mol. The molecule has 20 heavy (non-hydrogen) atoms. The van der Waals surface area contributed by atoms with Crippen LogP contribution in [-0.2, 0) is 4.74 Å². The summed E-state index contributed by atoms with van der Waals surface area (Å²) in [5.74, 6) is 1.20. The molecule has 3 unspecified atom stereocenters.